The molecule has 0 radical (unpaired) electrons. The lowest BCUT2D eigenvalue weighted by atomic mass is 9.99. The fraction of sp³-hybridized carbons (Fsp3) is 0.217. The summed E-state index contributed by atoms with van der Waals surface area (Å²) < 4.78 is 11.6. The molecule has 1 aliphatic heterocycles. The number of carbonyl (C=O) groups excluding carboxylic acids is 1. The summed E-state index contributed by atoms with van der Waals surface area (Å²) in [5.41, 5.74) is 3.14. The second kappa shape index (κ2) is 7.24. The average molecular weight is 372 g/mol. The van der Waals surface area contributed by atoms with E-state index in [1.807, 2.05) is 50.2 Å². The number of aromatic amines is 1. The topological polar surface area (TPSA) is 75.1 Å². The van der Waals surface area contributed by atoms with Crippen LogP contribution in [0.25, 0.3) is 17.0 Å². The molecular weight excluding hydrogens is 352 g/mol. The fourth-order valence-electron chi connectivity index (χ4n) is 3.56. The number of nitrogens with one attached hydrogen (secondary N) is 1. The number of aromatic nitrogens is 1. The SMILES string of the molecule is CCOc1cc2c(cc1/C=C(/C#N)C(=O)c1c[nH]c3ccccc13)OC(C)C2. The van der Waals surface area contributed by atoms with Crippen LogP contribution in [0.1, 0.15) is 35.3 Å². The molecule has 2 heterocycles. The molecule has 4 rings (SSSR count). The van der Waals surface area contributed by atoms with Crippen LogP contribution >= 0.6 is 0 Å². The lowest BCUT2D eigenvalue weighted by Gasteiger charge is -2.10. The van der Waals surface area contributed by atoms with Gasteiger partial charge < -0.3 is 14.5 Å². The van der Waals surface area contributed by atoms with Crippen molar-refractivity contribution in [2.45, 2.75) is 26.4 Å². The summed E-state index contributed by atoms with van der Waals surface area (Å²) in [7, 11) is 0. The maximum absolute atomic E-state index is 13.0. The summed E-state index contributed by atoms with van der Waals surface area (Å²) in [5.74, 6) is 1.11. The first-order valence-electron chi connectivity index (χ1n) is 9.29. The molecule has 1 atom stereocenters. The molecule has 1 aromatic heterocycles. The number of nitriles is 1. The molecule has 1 aliphatic rings. The molecule has 0 saturated carbocycles. The van der Waals surface area contributed by atoms with Crippen molar-refractivity contribution in [3.8, 4) is 17.6 Å². The van der Waals surface area contributed by atoms with Crippen molar-refractivity contribution < 1.29 is 14.3 Å². The molecule has 28 heavy (non-hydrogen) atoms. The third-order valence-corrected chi connectivity index (χ3v) is 4.83. The molecule has 140 valence electrons. The van der Waals surface area contributed by atoms with Gasteiger partial charge in [-0.3, -0.25) is 4.79 Å². The third kappa shape index (κ3) is 3.14. The number of carbonyl (C=O) groups is 1. The van der Waals surface area contributed by atoms with E-state index in [0.717, 1.165) is 28.6 Å². The summed E-state index contributed by atoms with van der Waals surface area (Å²) in [6.07, 6.45) is 4.15. The highest BCUT2D eigenvalue weighted by Crippen LogP contribution is 2.36. The summed E-state index contributed by atoms with van der Waals surface area (Å²) in [5, 5.41) is 10.5. The summed E-state index contributed by atoms with van der Waals surface area (Å²) in [6, 6.07) is 13.4. The molecule has 0 bridgehead atoms. The lowest BCUT2D eigenvalue weighted by molar-refractivity contribution is 0.104. The monoisotopic (exact) mass is 372 g/mol. The number of benzene rings is 2. The standard InChI is InChI=1S/C23H20N2O3/c1-3-27-21-10-15-8-14(2)28-22(15)11-16(21)9-17(12-24)23(26)19-13-25-20-7-5-4-6-18(19)20/h4-7,9-11,13-14,25H,3,8H2,1-2H3/b17-9-. The van der Waals surface area contributed by atoms with Gasteiger partial charge in [-0.15, -0.1) is 0 Å². The van der Waals surface area contributed by atoms with E-state index in [-0.39, 0.29) is 17.5 Å². The van der Waals surface area contributed by atoms with Gasteiger partial charge in [0.25, 0.3) is 0 Å². The van der Waals surface area contributed by atoms with Crippen LogP contribution in [0.2, 0.25) is 0 Å². The highest BCUT2D eigenvalue weighted by molar-refractivity contribution is 6.19. The molecule has 0 spiro atoms. The quantitative estimate of drug-likeness (QED) is 0.401. The van der Waals surface area contributed by atoms with Crippen molar-refractivity contribution in [2.24, 2.45) is 0 Å². The molecule has 0 amide bonds. The maximum atomic E-state index is 13.0. The van der Waals surface area contributed by atoms with Gasteiger partial charge in [0.15, 0.2) is 0 Å². The highest BCUT2D eigenvalue weighted by Gasteiger charge is 2.23. The molecular formula is C23H20N2O3. The summed E-state index contributed by atoms with van der Waals surface area (Å²) in [4.78, 5) is 16.1. The number of para-hydroxylation sites is 1. The Labute approximate surface area is 163 Å². The number of hydrogen-bond acceptors (Lipinski definition) is 4. The Kier molecular flexibility index (Phi) is 4.62. The van der Waals surface area contributed by atoms with Crippen molar-refractivity contribution in [1.29, 1.82) is 5.26 Å². The van der Waals surface area contributed by atoms with Gasteiger partial charge in [0.2, 0.25) is 5.78 Å². The average Bonchev–Trinajstić information content (AvgIpc) is 3.28. The van der Waals surface area contributed by atoms with Gasteiger partial charge in [0.05, 0.1) is 6.61 Å². The molecule has 0 fully saturated rings. The number of rotatable bonds is 5. The van der Waals surface area contributed by atoms with Crippen molar-refractivity contribution in [3.05, 3.63) is 64.9 Å². The lowest BCUT2D eigenvalue weighted by Crippen LogP contribution is -2.05. The fourth-order valence-corrected chi connectivity index (χ4v) is 3.56. The Hall–Kier alpha value is -3.52. The first-order chi connectivity index (χ1) is 13.6. The predicted octanol–water partition coefficient (Wildman–Crippen LogP) is 4.68. The number of nitrogens with zero attached hydrogens (tertiary/aromatic N) is 1. The highest BCUT2D eigenvalue weighted by atomic mass is 16.5. The van der Waals surface area contributed by atoms with Gasteiger partial charge in [-0.1, -0.05) is 18.2 Å². The molecule has 0 saturated heterocycles. The van der Waals surface area contributed by atoms with Gasteiger partial charge in [-0.05, 0) is 38.1 Å². The van der Waals surface area contributed by atoms with Gasteiger partial charge in [0.1, 0.15) is 29.2 Å². The van der Waals surface area contributed by atoms with E-state index in [2.05, 4.69) is 11.1 Å². The zero-order valence-corrected chi connectivity index (χ0v) is 15.8. The van der Waals surface area contributed by atoms with Crippen molar-refractivity contribution >= 4 is 22.8 Å². The van der Waals surface area contributed by atoms with E-state index < -0.39 is 0 Å². The first kappa shape index (κ1) is 17.9. The minimum absolute atomic E-state index is 0.0525. The Morgan fingerprint density at radius 2 is 2.21 bits per heavy atom. The van der Waals surface area contributed by atoms with Crippen LogP contribution < -0.4 is 9.47 Å². The number of hydrogen-bond donors (Lipinski definition) is 1. The van der Waals surface area contributed by atoms with E-state index in [9.17, 15) is 10.1 Å². The first-order valence-corrected chi connectivity index (χ1v) is 9.29. The van der Waals surface area contributed by atoms with Crippen molar-refractivity contribution in [2.75, 3.05) is 6.61 Å². The number of Topliss-reactive ketones (excluding diaryl/α,β-unsaturated/α-hetero) is 1. The Morgan fingerprint density at radius 1 is 1.39 bits per heavy atom. The van der Waals surface area contributed by atoms with Gasteiger partial charge in [-0.25, -0.2) is 0 Å². The summed E-state index contributed by atoms with van der Waals surface area (Å²) in [6.45, 7) is 4.41. The molecule has 1 N–H and O–H groups in total. The smallest absolute Gasteiger partial charge is 0.205 e. The van der Waals surface area contributed by atoms with Gasteiger partial charge in [0, 0.05) is 40.2 Å². The molecule has 1 unspecified atom stereocenters. The van der Waals surface area contributed by atoms with Crippen LogP contribution in [0.5, 0.6) is 11.5 Å². The van der Waals surface area contributed by atoms with E-state index in [1.54, 1.807) is 12.3 Å². The number of H-pyrrole nitrogens is 1. The van der Waals surface area contributed by atoms with Crippen LogP contribution in [0.4, 0.5) is 0 Å². The van der Waals surface area contributed by atoms with Crippen LogP contribution in [-0.4, -0.2) is 23.5 Å². The van der Waals surface area contributed by atoms with Crippen LogP contribution in [0.15, 0.2) is 48.2 Å². The number of allylic oxidation sites excluding steroid dienone is 1. The van der Waals surface area contributed by atoms with Crippen LogP contribution in [-0.2, 0) is 6.42 Å². The number of ether oxygens (including phenoxy) is 2. The normalized spacial score (nSPS) is 15.8. The minimum atomic E-state index is -0.322. The van der Waals surface area contributed by atoms with Crippen LogP contribution in [0, 0.1) is 11.3 Å². The van der Waals surface area contributed by atoms with E-state index in [4.69, 9.17) is 9.47 Å². The van der Waals surface area contributed by atoms with Gasteiger partial charge >= 0.3 is 0 Å². The van der Waals surface area contributed by atoms with Gasteiger partial charge in [-0.2, -0.15) is 5.26 Å². The maximum Gasteiger partial charge on any atom is 0.205 e. The minimum Gasteiger partial charge on any atom is -0.493 e. The Morgan fingerprint density at radius 3 is 3.00 bits per heavy atom. The zero-order chi connectivity index (χ0) is 19.7. The van der Waals surface area contributed by atoms with Crippen molar-refractivity contribution in [1.82, 2.24) is 4.98 Å². The van der Waals surface area contributed by atoms with E-state index >= 15 is 0 Å². The number of fused-ring (bicyclic) bond motifs is 2. The molecule has 5 heteroatoms. The van der Waals surface area contributed by atoms with Crippen molar-refractivity contribution in [3.63, 3.8) is 0 Å². The molecule has 0 aliphatic carbocycles. The van der Waals surface area contributed by atoms with Crippen LogP contribution in [0.3, 0.4) is 0 Å². The Bertz CT molecular complexity index is 1130. The molecule has 5 nitrogen and oxygen atoms in total. The second-order valence-corrected chi connectivity index (χ2v) is 6.81. The number of ketones is 1. The molecule has 3 aromatic rings. The second-order valence-electron chi connectivity index (χ2n) is 6.81. The largest absolute Gasteiger partial charge is 0.493 e. The summed E-state index contributed by atoms with van der Waals surface area (Å²) >= 11 is 0. The molecule has 2 aromatic carbocycles. The van der Waals surface area contributed by atoms with E-state index in [1.165, 1.54) is 0 Å². The Balaban J connectivity index is 1.77. The predicted molar refractivity (Wildman–Crippen MR) is 108 cm³/mol. The van der Waals surface area contributed by atoms with E-state index in [0.29, 0.717) is 23.5 Å². The zero-order valence-electron chi connectivity index (χ0n) is 15.8. The third-order valence-electron chi connectivity index (χ3n) is 4.83.